The molecule has 0 radical (unpaired) electrons. The van der Waals surface area contributed by atoms with Gasteiger partial charge in [0.2, 0.25) is 5.91 Å². The third-order valence-corrected chi connectivity index (χ3v) is 4.22. The molecule has 8 heteroatoms. The van der Waals surface area contributed by atoms with E-state index < -0.39 is 0 Å². The maximum absolute atomic E-state index is 12.0. The molecule has 0 aliphatic carbocycles. The first kappa shape index (κ1) is 17.6. The van der Waals surface area contributed by atoms with Crippen LogP contribution in [-0.2, 0) is 4.79 Å². The number of nitrogens with two attached hydrogens (primary N) is 1. The molecule has 0 aromatic heterocycles. The van der Waals surface area contributed by atoms with Crippen LogP contribution in [0.15, 0.2) is 0 Å². The molecule has 7 N–H and O–H groups in total. The van der Waals surface area contributed by atoms with Gasteiger partial charge in [-0.1, -0.05) is 6.92 Å². The van der Waals surface area contributed by atoms with Crippen LogP contribution in [0.25, 0.3) is 0 Å². The van der Waals surface area contributed by atoms with Gasteiger partial charge < -0.3 is 21.7 Å². The Morgan fingerprint density at radius 1 is 1.36 bits per heavy atom. The minimum absolute atomic E-state index is 0.0386. The van der Waals surface area contributed by atoms with Gasteiger partial charge in [-0.15, -0.1) is 0 Å². The fraction of sp³-hybridized carbons (Fsp3) is 0.929. The summed E-state index contributed by atoms with van der Waals surface area (Å²) in [6.45, 7) is 6.93. The molecule has 22 heavy (non-hydrogen) atoms. The van der Waals surface area contributed by atoms with E-state index in [1.807, 2.05) is 5.01 Å². The molecule has 0 spiro atoms. The summed E-state index contributed by atoms with van der Waals surface area (Å²) in [7, 11) is 0. The van der Waals surface area contributed by atoms with E-state index in [9.17, 15) is 4.79 Å². The Bertz CT molecular complexity index is 333. The van der Waals surface area contributed by atoms with Crippen LogP contribution in [0.3, 0.4) is 0 Å². The zero-order valence-electron chi connectivity index (χ0n) is 13.5. The Kier molecular flexibility index (Phi) is 7.50. The number of amides is 1. The highest BCUT2D eigenvalue weighted by atomic mass is 16.2. The first-order valence-corrected chi connectivity index (χ1v) is 8.39. The molecule has 2 fully saturated rings. The van der Waals surface area contributed by atoms with E-state index in [0.717, 1.165) is 32.0 Å². The summed E-state index contributed by atoms with van der Waals surface area (Å²) in [5, 5.41) is 11.9. The van der Waals surface area contributed by atoms with E-state index in [4.69, 9.17) is 5.73 Å². The number of nitrogens with zero attached hydrogens (tertiary/aromatic N) is 1. The number of hydrogen-bond acceptors (Lipinski definition) is 7. The molecule has 8 nitrogen and oxygen atoms in total. The molecule has 3 unspecified atom stereocenters. The lowest BCUT2D eigenvalue weighted by molar-refractivity contribution is -0.122. The van der Waals surface area contributed by atoms with Gasteiger partial charge in [-0.25, -0.2) is 10.4 Å². The quantitative estimate of drug-likeness (QED) is 0.290. The third kappa shape index (κ3) is 5.79. The molecule has 3 atom stereocenters. The predicted molar refractivity (Wildman–Crippen MR) is 86.5 cm³/mol. The van der Waals surface area contributed by atoms with Gasteiger partial charge in [-0.05, 0) is 38.3 Å². The molecule has 1 amide bonds. The second kappa shape index (κ2) is 9.39. The van der Waals surface area contributed by atoms with Crippen molar-refractivity contribution >= 4 is 5.91 Å². The minimum Gasteiger partial charge on any atom is -0.355 e. The first-order valence-electron chi connectivity index (χ1n) is 8.39. The smallest absolute Gasteiger partial charge is 0.239 e. The first-order chi connectivity index (χ1) is 10.7. The van der Waals surface area contributed by atoms with Crippen molar-refractivity contribution in [1.82, 2.24) is 31.9 Å². The van der Waals surface area contributed by atoms with E-state index >= 15 is 0 Å². The van der Waals surface area contributed by atoms with Crippen molar-refractivity contribution in [1.29, 1.82) is 0 Å². The highest BCUT2D eigenvalue weighted by Crippen LogP contribution is 2.11. The van der Waals surface area contributed by atoms with E-state index in [1.165, 1.54) is 12.8 Å². The summed E-state index contributed by atoms with van der Waals surface area (Å²) in [5.74, 6) is 0.820. The number of hydrazine groups is 2. The molecule has 2 rings (SSSR count). The molecule has 2 heterocycles. The highest BCUT2D eigenvalue weighted by Gasteiger charge is 2.26. The van der Waals surface area contributed by atoms with Crippen LogP contribution in [0, 0.1) is 5.92 Å². The van der Waals surface area contributed by atoms with Crippen molar-refractivity contribution < 1.29 is 4.79 Å². The van der Waals surface area contributed by atoms with Crippen LogP contribution >= 0.6 is 0 Å². The van der Waals surface area contributed by atoms with Gasteiger partial charge in [-0.3, -0.25) is 4.79 Å². The van der Waals surface area contributed by atoms with Crippen LogP contribution in [0.1, 0.15) is 26.2 Å². The Morgan fingerprint density at radius 3 is 2.95 bits per heavy atom. The van der Waals surface area contributed by atoms with Gasteiger partial charge in [0.05, 0.1) is 6.17 Å². The number of carbonyl (C=O) groups excluding carboxylic acids is 1. The molecular formula is C14H31N7O. The molecule has 128 valence electrons. The summed E-state index contributed by atoms with van der Waals surface area (Å²) in [5.41, 5.74) is 11.4. The Balaban J connectivity index is 1.49. The molecule has 0 saturated carbocycles. The topological polar surface area (TPSA) is 106 Å². The second-order valence-corrected chi connectivity index (χ2v) is 6.29. The predicted octanol–water partition coefficient (Wildman–Crippen LogP) is -1.92. The van der Waals surface area contributed by atoms with Crippen molar-refractivity contribution in [2.75, 3.05) is 39.3 Å². The SMILES string of the molecule is CC1CCC(NCCCNC(=O)C2CN(CCN)NN2)NC1. The zero-order valence-corrected chi connectivity index (χ0v) is 13.5. The van der Waals surface area contributed by atoms with E-state index in [-0.39, 0.29) is 11.9 Å². The van der Waals surface area contributed by atoms with Crippen LogP contribution in [-0.4, -0.2) is 62.4 Å². The summed E-state index contributed by atoms with van der Waals surface area (Å²) in [6, 6.07) is -0.207. The fourth-order valence-corrected chi connectivity index (χ4v) is 2.80. The lowest BCUT2D eigenvalue weighted by atomic mass is 10.00. The van der Waals surface area contributed by atoms with Gasteiger partial charge in [0.1, 0.15) is 6.04 Å². The Labute approximate surface area is 132 Å². The fourth-order valence-electron chi connectivity index (χ4n) is 2.80. The maximum Gasteiger partial charge on any atom is 0.239 e. The van der Waals surface area contributed by atoms with Gasteiger partial charge in [0, 0.05) is 26.2 Å². The summed E-state index contributed by atoms with van der Waals surface area (Å²) >= 11 is 0. The molecular weight excluding hydrogens is 282 g/mol. The minimum atomic E-state index is -0.207. The van der Waals surface area contributed by atoms with E-state index in [0.29, 0.717) is 25.8 Å². The lowest BCUT2D eigenvalue weighted by Gasteiger charge is -2.28. The largest absolute Gasteiger partial charge is 0.355 e. The van der Waals surface area contributed by atoms with Gasteiger partial charge in [0.25, 0.3) is 0 Å². The van der Waals surface area contributed by atoms with E-state index in [2.05, 4.69) is 33.8 Å². The Morgan fingerprint density at radius 2 is 2.23 bits per heavy atom. The average molecular weight is 313 g/mol. The number of hydrogen-bond donors (Lipinski definition) is 6. The zero-order chi connectivity index (χ0) is 15.8. The summed E-state index contributed by atoms with van der Waals surface area (Å²) in [4.78, 5) is 12.0. The number of rotatable bonds is 8. The second-order valence-electron chi connectivity index (χ2n) is 6.29. The Hall–Kier alpha value is -0.770. The number of piperidine rings is 1. The van der Waals surface area contributed by atoms with Crippen molar-refractivity contribution in [2.24, 2.45) is 11.7 Å². The summed E-state index contributed by atoms with van der Waals surface area (Å²) in [6.07, 6.45) is 3.83. The monoisotopic (exact) mass is 313 g/mol. The molecule has 0 aromatic carbocycles. The van der Waals surface area contributed by atoms with Gasteiger partial charge >= 0.3 is 0 Å². The van der Waals surface area contributed by atoms with Crippen molar-refractivity contribution in [3.63, 3.8) is 0 Å². The van der Waals surface area contributed by atoms with Crippen LogP contribution in [0.4, 0.5) is 0 Å². The van der Waals surface area contributed by atoms with Crippen molar-refractivity contribution in [3.8, 4) is 0 Å². The number of nitrogens with one attached hydrogen (secondary N) is 5. The normalized spacial score (nSPS) is 29.6. The molecule has 0 bridgehead atoms. The average Bonchev–Trinajstić information content (AvgIpc) is 2.98. The molecule has 2 aliphatic rings. The molecule has 2 aliphatic heterocycles. The maximum atomic E-state index is 12.0. The van der Waals surface area contributed by atoms with E-state index in [1.54, 1.807) is 0 Å². The van der Waals surface area contributed by atoms with Crippen molar-refractivity contribution in [3.05, 3.63) is 0 Å². The standard InChI is InChI=1S/C14H31N7O/c1-11-3-4-13(18-9-11)16-6-2-7-17-14(22)12-10-21(8-5-15)20-19-12/h11-13,16,18-20H,2-10,15H2,1H3,(H,17,22). The van der Waals surface area contributed by atoms with Gasteiger partial charge in [0.15, 0.2) is 0 Å². The lowest BCUT2D eigenvalue weighted by Crippen LogP contribution is -2.48. The van der Waals surface area contributed by atoms with Gasteiger partial charge in [-0.2, -0.15) is 5.53 Å². The number of carbonyl (C=O) groups is 1. The summed E-state index contributed by atoms with van der Waals surface area (Å²) < 4.78 is 0. The third-order valence-electron chi connectivity index (χ3n) is 4.22. The van der Waals surface area contributed by atoms with Crippen LogP contribution in [0.2, 0.25) is 0 Å². The molecule has 0 aromatic rings. The van der Waals surface area contributed by atoms with Crippen LogP contribution < -0.4 is 32.6 Å². The van der Waals surface area contributed by atoms with Crippen LogP contribution in [0.5, 0.6) is 0 Å². The molecule has 2 saturated heterocycles. The highest BCUT2D eigenvalue weighted by molar-refractivity contribution is 5.82. The van der Waals surface area contributed by atoms with Crippen molar-refractivity contribution in [2.45, 2.75) is 38.4 Å².